The van der Waals surface area contributed by atoms with Gasteiger partial charge in [-0.2, -0.15) is 4.31 Å². The van der Waals surface area contributed by atoms with Gasteiger partial charge in [-0.3, -0.25) is 4.79 Å². The number of amides is 1. The van der Waals surface area contributed by atoms with Crippen LogP contribution >= 0.6 is 0 Å². The Kier molecular flexibility index (Phi) is 5.94. The summed E-state index contributed by atoms with van der Waals surface area (Å²) in [5, 5.41) is 2.84. The zero-order valence-electron chi connectivity index (χ0n) is 15.7. The van der Waals surface area contributed by atoms with Crippen LogP contribution in [0.25, 0.3) is 0 Å². The number of sulfonamides is 1. The van der Waals surface area contributed by atoms with Crippen LogP contribution in [0, 0.1) is 6.92 Å². The highest BCUT2D eigenvalue weighted by atomic mass is 32.2. The number of nitrogens with zero attached hydrogens (tertiary/aromatic N) is 2. The maximum absolute atomic E-state index is 12.6. The Morgan fingerprint density at radius 3 is 2.15 bits per heavy atom. The first-order valence-electron chi connectivity index (χ1n) is 8.97. The average Bonchev–Trinajstić information content (AvgIpc) is 2.64. The fourth-order valence-electron chi connectivity index (χ4n) is 2.96. The van der Waals surface area contributed by atoms with Crippen LogP contribution in [0.4, 0.5) is 5.69 Å². The molecule has 27 heavy (non-hydrogen) atoms. The van der Waals surface area contributed by atoms with Gasteiger partial charge in [0.15, 0.2) is 0 Å². The van der Waals surface area contributed by atoms with Crippen LogP contribution in [0.3, 0.4) is 0 Å². The number of carbonyl (C=O) groups is 1. The van der Waals surface area contributed by atoms with Crippen molar-refractivity contribution in [2.75, 3.05) is 38.5 Å². The number of nitrogens with one attached hydrogen (secondary N) is 1. The molecule has 1 fully saturated rings. The molecule has 1 heterocycles. The van der Waals surface area contributed by atoms with E-state index in [1.54, 1.807) is 28.6 Å². The molecular formula is C20H25N3O3S. The monoisotopic (exact) mass is 387 g/mol. The van der Waals surface area contributed by atoms with Gasteiger partial charge in [0.05, 0.1) is 5.75 Å². The van der Waals surface area contributed by atoms with Gasteiger partial charge in [-0.1, -0.05) is 29.8 Å². The van der Waals surface area contributed by atoms with Gasteiger partial charge in [0.1, 0.15) is 0 Å². The largest absolute Gasteiger partial charge is 0.322 e. The summed E-state index contributed by atoms with van der Waals surface area (Å²) in [6.45, 7) is 4.53. The third-order valence-electron chi connectivity index (χ3n) is 4.73. The second-order valence-corrected chi connectivity index (χ2v) is 8.94. The van der Waals surface area contributed by atoms with Crippen LogP contribution in [0.5, 0.6) is 0 Å². The van der Waals surface area contributed by atoms with Crippen molar-refractivity contribution in [3.8, 4) is 0 Å². The lowest BCUT2D eigenvalue weighted by atomic mass is 10.1. The van der Waals surface area contributed by atoms with E-state index in [0.717, 1.165) is 24.3 Å². The number of anilines is 1. The molecule has 0 radical (unpaired) electrons. The smallest absolute Gasteiger partial charge is 0.255 e. The van der Waals surface area contributed by atoms with Gasteiger partial charge in [0.25, 0.3) is 5.91 Å². The Balaban J connectivity index is 1.62. The molecule has 144 valence electrons. The van der Waals surface area contributed by atoms with Crippen LogP contribution in [0.1, 0.15) is 21.5 Å². The quantitative estimate of drug-likeness (QED) is 0.855. The maximum atomic E-state index is 12.6. The van der Waals surface area contributed by atoms with Crippen molar-refractivity contribution in [1.82, 2.24) is 9.21 Å². The number of hydrogen-bond acceptors (Lipinski definition) is 4. The molecule has 1 amide bonds. The third kappa shape index (κ3) is 5.15. The lowest BCUT2D eigenvalue weighted by Gasteiger charge is -2.31. The summed E-state index contributed by atoms with van der Waals surface area (Å²) in [6, 6.07) is 14.3. The van der Waals surface area contributed by atoms with Crippen molar-refractivity contribution < 1.29 is 13.2 Å². The Hall–Kier alpha value is -2.22. The molecular weight excluding hydrogens is 362 g/mol. The van der Waals surface area contributed by atoms with E-state index < -0.39 is 10.0 Å². The zero-order chi connectivity index (χ0) is 19.4. The number of piperazine rings is 1. The number of carbonyl (C=O) groups excluding carboxylic acids is 1. The maximum Gasteiger partial charge on any atom is 0.255 e. The predicted octanol–water partition coefficient (Wildman–Crippen LogP) is 2.32. The van der Waals surface area contributed by atoms with E-state index in [4.69, 9.17) is 0 Å². The van der Waals surface area contributed by atoms with Gasteiger partial charge in [-0.25, -0.2) is 8.42 Å². The minimum absolute atomic E-state index is 0.0451. The van der Waals surface area contributed by atoms with Crippen molar-refractivity contribution in [1.29, 1.82) is 0 Å². The van der Waals surface area contributed by atoms with Crippen LogP contribution in [-0.4, -0.2) is 56.8 Å². The molecule has 1 N–H and O–H groups in total. The molecule has 2 aromatic rings. The van der Waals surface area contributed by atoms with Crippen molar-refractivity contribution in [3.05, 3.63) is 65.2 Å². The second-order valence-electron chi connectivity index (χ2n) is 6.98. The molecule has 0 aliphatic carbocycles. The highest BCUT2D eigenvalue weighted by molar-refractivity contribution is 7.88. The molecule has 0 bridgehead atoms. The number of benzene rings is 2. The first-order valence-corrected chi connectivity index (χ1v) is 10.6. The highest BCUT2D eigenvalue weighted by Crippen LogP contribution is 2.15. The van der Waals surface area contributed by atoms with Gasteiger partial charge in [0.2, 0.25) is 10.0 Å². The normalized spacial score (nSPS) is 16.2. The molecule has 1 aliphatic heterocycles. The molecule has 0 aromatic heterocycles. The molecule has 6 nitrogen and oxygen atoms in total. The molecule has 0 unspecified atom stereocenters. The Morgan fingerprint density at radius 2 is 1.56 bits per heavy atom. The summed E-state index contributed by atoms with van der Waals surface area (Å²) in [5.74, 6) is -0.261. The fraction of sp³-hybridized carbons (Fsp3) is 0.350. The van der Waals surface area contributed by atoms with Gasteiger partial charge in [0, 0.05) is 37.4 Å². The number of hydrogen-bond donors (Lipinski definition) is 1. The SMILES string of the molecule is Cc1ccc(NC(=O)c2ccc(CS(=O)(=O)N3CCN(C)CC3)cc2)cc1. The third-order valence-corrected chi connectivity index (χ3v) is 6.58. The molecule has 0 atom stereocenters. The summed E-state index contributed by atoms with van der Waals surface area (Å²) < 4.78 is 26.7. The second kappa shape index (κ2) is 8.21. The predicted molar refractivity (Wildman–Crippen MR) is 107 cm³/mol. The van der Waals surface area contributed by atoms with E-state index in [2.05, 4.69) is 10.2 Å². The minimum atomic E-state index is -3.34. The lowest BCUT2D eigenvalue weighted by molar-refractivity contribution is 0.102. The molecule has 1 aliphatic rings. The van der Waals surface area contributed by atoms with Gasteiger partial charge < -0.3 is 10.2 Å². The fourth-order valence-corrected chi connectivity index (χ4v) is 4.48. The van der Waals surface area contributed by atoms with Crippen molar-refractivity contribution >= 4 is 21.6 Å². The standard InChI is InChI=1S/C20H25N3O3S/c1-16-3-9-19(10-4-16)21-20(24)18-7-5-17(6-8-18)15-27(25,26)23-13-11-22(2)12-14-23/h3-10H,11-15H2,1-2H3,(H,21,24). The molecule has 1 saturated heterocycles. The van der Waals surface area contributed by atoms with Crippen molar-refractivity contribution in [2.24, 2.45) is 0 Å². The zero-order valence-corrected chi connectivity index (χ0v) is 16.5. The molecule has 2 aromatic carbocycles. The minimum Gasteiger partial charge on any atom is -0.322 e. The van der Waals surface area contributed by atoms with Gasteiger partial charge in [-0.15, -0.1) is 0 Å². The van der Waals surface area contributed by atoms with Crippen LogP contribution in [-0.2, 0) is 15.8 Å². The highest BCUT2D eigenvalue weighted by Gasteiger charge is 2.25. The molecule has 7 heteroatoms. The van der Waals surface area contributed by atoms with Gasteiger partial charge >= 0.3 is 0 Å². The number of aryl methyl sites for hydroxylation is 1. The summed E-state index contributed by atoms with van der Waals surface area (Å²) in [4.78, 5) is 14.4. The number of likely N-dealkylation sites (N-methyl/N-ethyl adjacent to an activating group) is 1. The van der Waals surface area contributed by atoms with E-state index >= 15 is 0 Å². The van der Waals surface area contributed by atoms with E-state index in [1.807, 2.05) is 38.2 Å². The molecule has 3 rings (SSSR count). The summed E-state index contributed by atoms with van der Waals surface area (Å²) in [7, 11) is -1.35. The molecule has 0 spiro atoms. The van der Waals surface area contributed by atoms with Crippen molar-refractivity contribution in [3.63, 3.8) is 0 Å². The lowest BCUT2D eigenvalue weighted by Crippen LogP contribution is -2.47. The van der Waals surface area contributed by atoms with E-state index in [1.165, 1.54) is 0 Å². The summed E-state index contributed by atoms with van der Waals surface area (Å²) >= 11 is 0. The molecule has 0 saturated carbocycles. The number of rotatable bonds is 5. The van der Waals surface area contributed by atoms with E-state index in [0.29, 0.717) is 24.2 Å². The van der Waals surface area contributed by atoms with Gasteiger partial charge in [-0.05, 0) is 43.8 Å². The van der Waals surface area contributed by atoms with E-state index in [-0.39, 0.29) is 11.7 Å². The Morgan fingerprint density at radius 1 is 0.963 bits per heavy atom. The average molecular weight is 388 g/mol. The summed E-state index contributed by atoms with van der Waals surface area (Å²) in [6.07, 6.45) is 0. The van der Waals surface area contributed by atoms with Crippen LogP contribution in [0.2, 0.25) is 0 Å². The van der Waals surface area contributed by atoms with Crippen molar-refractivity contribution in [2.45, 2.75) is 12.7 Å². The summed E-state index contributed by atoms with van der Waals surface area (Å²) in [5.41, 5.74) is 3.03. The first kappa shape index (κ1) is 19.5. The Labute approximate surface area is 160 Å². The van der Waals surface area contributed by atoms with Crippen LogP contribution in [0.15, 0.2) is 48.5 Å². The Bertz CT molecular complexity index is 885. The van der Waals surface area contributed by atoms with Crippen LogP contribution < -0.4 is 5.32 Å². The topological polar surface area (TPSA) is 69.7 Å². The first-order chi connectivity index (χ1) is 12.8. The van der Waals surface area contributed by atoms with E-state index in [9.17, 15) is 13.2 Å².